The van der Waals surface area contributed by atoms with E-state index in [1.54, 1.807) is 24.3 Å². The standard InChI is InChI=1S/C14H19N2O6P/c1-10(23(19,20)9-12(15)13(17)21-2)16-14(18)22-8-11-6-4-3-5-7-11/h3-7,10,15,19-20H,8-9H2,1-2H3/p+1. The van der Waals surface area contributed by atoms with Gasteiger partial charge in [-0.05, 0) is 12.5 Å². The number of amides is 1. The summed E-state index contributed by atoms with van der Waals surface area (Å²) in [6.07, 6.45) is -1.40. The lowest BCUT2D eigenvalue weighted by Crippen LogP contribution is -2.37. The minimum Gasteiger partial charge on any atom is -0.464 e. The van der Waals surface area contributed by atoms with Gasteiger partial charge in [0.2, 0.25) is 0 Å². The van der Waals surface area contributed by atoms with Gasteiger partial charge in [0.15, 0.2) is 17.7 Å². The Morgan fingerprint density at radius 2 is 1.91 bits per heavy atom. The number of carbonyl (C=O) groups is 2. The molecule has 126 valence electrons. The predicted molar refractivity (Wildman–Crippen MR) is 85.2 cm³/mol. The fourth-order valence-corrected chi connectivity index (χ4v) is 2.78. The lowest BCUT2D eigenvalue weighted by molar-refractivity contribution is -0.132. The Labute approximate surface area is 134 Å². The molecule has 0 radical (unpaired) electrons. The van der Waals surface area contributed by atoms with E-state index in [9.17, 15) is 19.4 Å². The number of hydrogen-bond donors (Lipinski definition) is 4. The second-order valence-corrected chi connectivity index (χ2v) is 7.46. The van der Waals surface area contributed by atoms with Crippen molar-refractivity contribution in [2.24, 2.45) is 0 Å². The lowest BCUT2D eigenvalue weighted by Gasteiger charge is -2.20. The Hall–Kier alpha value is -2.02. The van der Waals surface area contributed by atoms with E-state index in [-0.39, 0.29) is 6.61 Å². The van der Waals surface area contributed by atoms with E-state index in [2.05, 4.69) is 10.1 Å². The van der Waals surface area contributed by atoms with Crippen molar-refractivity contribution in [2.45, 2.75) is 19.3 Å². The first-order valence-electron chi connectivity index (χ1n) is 6.72. The molecular weight excluding hydrogens is 323 g/mol. The van der Waals surface area contributed by atoms with Crippen LogP contribution in [-0.2, 0) is 20.9 Å². The van der Waals surface area contributed by atoms with Crippen LogP contribution in [0, 0.1) is 5.41 Å². The number of rotatable bonds is 7. The molecule has 0 saturated heterocycles. The largest absolute Gasteiger partial charge is 0.464 e. The second kappa shape index (κ2) is 8.57. The number of carbonyl (C=O) groups excluding carboxylic acids is 2. The third kappa shape index (κ3) is 6.32. The summed E-state index contributed by atoms with van der Waals surface area (Å²) >= 11 is 0. The maximum absolute atomic E-state index is 11.7. The van der Waals surface area contributed by atoms with Crippen LogP contribution in [0.2, 0.25) is 0 Å². The SMILES string of the molecule is COC(=O)C(=N)C[P+](O)(O)C(C)NC(=O)OCc1ccccc1. The minimum absolute atomic E-state index is 0.0413. The van der Waals surface area contributed by atoms with Crippen LogP contribution in [0.1, 0.15) is 12.5 Å². The molecule has 0 aliphatic rings. The van der Waals surface area contributed by atoms with Gasteiger partial charge >= 0.3 is 12.1 Å². The van der Waals surface area contributed by atoms with Crippen LogP contribution < -0.4 is 5.32 Å². The number of alkyl carbamates (subject to hydrolysis) is 1. The molecule has 0 spiro atoms. The van der Waals surface area contributed by atoms with Crippen molar-refractivity contribution >= 4 is 25.5 Å². The summed E-state index contributed by atoms with van der Waals surface area (Å²) in [5.74, 6) is -2.01. The van der Waals surface area contributed by atoms with Crippen LogP contribution in [0.4, 0.5) is 4.79 Å². The molecule has 4 N–H and O–H groups in total. The Bertz CT molecular complexity index is 564. The van der Waals surface area contributed by atoms with Gasteiger partial charge in [0, 0.05) is 0 Å². The van der Waals surface area contributed by atoms with Crippen molar-refractivity contribution < 1.29 is 28.8 Å². The van der Waals surface area contributed by atoms with E-state index in [4.69, 9.17) is 10.1 Å². The zero-order valence-corrected chi connectivity index (χ0v) is 13.7. The number of nitrogens with one attached hydrogen (secondary N) is 2. The van der Waals surface area contributed by atoms with Crippen molar-refractivity contribution in [2.75, 3.05) is 13.3 Å². The van der Waals surface area contributed by atoms with Crippen LogP contribution in [0.25, 0.3) is 0 Å². The van der Waals surface area contributed by atoms with Crippen molar-refractivity contribution in [3.8, 4) is 0 Å². The van der Waals surface area contributed by atoms with Crippen LogP contribution in [0.3, 0.4) is 0 Å². The van der Waals surface area contributed by atoms with Gasteiger partial charge in [-0.25, -0.2) is 19.4 Å². The smallest absolute Gasteiger partial charge is 0.410 e. The Balaban J connectivity index is 2.49. The molecule has 0 bridgehead atoms. The topological polar surface area (TPSA) is 129 Å². The maximum Gasteiger partial charge on any atom is 0.410 e. The quantitative estimate of drug-likeness (QED) is 0.335. The molecule has 0 heterocycles. The molecule has 23 heavy (non-hydrogen) atoms. The molecule has 0 aromatic heterocycles. The number of methoxy groups -OCH3 is 1. The zero-order chi connectivity index (χ0) is 17.5. The molecule has 0 aliphatic heterocycles. The van der Waals surface area contributed by atoms with Gasteiger partial charge in [-0.2, -0.15) is 0 Å². The number of hydrogen-bond acceptors (Lipinski definition) is 7. The Morgan fingerprint density at radius 3 is 2.48 bits per heavy atom. The molecular formula is C14H20N2O6P+. The fourth-order valence-electron chi connectivity index (χ4n) is 1.60. The third-order valence-electron chi connectivity index (χ3n) is 2.98. The zero-order valence-electron chi connectivity index (χ0n) is 12.9. The van der Waals surface area contributed by atoms with Crippen LogP contribution in [-0.4, -0.2) is 46.6 Å². The van der Waals surface area contributed by atoms with Gasteiger partial charge in [-0.3, -0.25) is 10.7 Å². The van der Waals surface area contributed by atoms with Crippen molar-refractivity contribution in [1.82, 2.24) is 5.32 Å². The van der Waals surface area contributed by atoms with Gasteiger partial charge in [-0.1, -0.05) is 30.3 Å². The molecule has 9 heteroatoms. The van der Waals surface area contributed by atoms with Gasteiger partial charge in [-0.15, -0.1) is 0 Å². The van der Waals surface area contributed by atoms with E-state index < -0.39 is 37.4 Å². The van der Waals surface area contributed by atoms with Crippen LogP contribution in [0.5, 0.6) is 0 Å². The highest BCUT2D eigenvalue weighted by atomic mass is 31.2. The minimum atomic E-state index is -3.74. The predicted octanol–water partition coefficient (Wildman–Crippen LogP) is 1.28. The van der Waals surface area contributed by atoms with E-state index in [0.717, 1.165) is 12.7 Å². The van der Waals surface area contributed by atoms with Crippen molar-refractivity contribution in [3.63, 3.8) is 0 Å². The van der Waals surface area contributed by atoms with E-state index in [1.165, 1.54) is 6.92 Å². The molecule has 1 amide bonds. The van der Waals surface area contributed by atoms with Crippen LogP contribution in [0.15, 0.2) is 30.3 Å². The average molecular weight is 343 g/mol. The van der Waals surface area contributed by atoms with Crippen LogP contribution >= 0.6 is 7.72 Å². The number of esters is 1. The fraction of sp³-hybridized carbons (Fsp3) is 0.357. The van der Waals surface area contributed by atoms with E-state index in [0.29, 0.717) is 0 Å². The first kappa shape index (κ1) is 19.0. The third-order valence-corrected chi connectivity index (χ3v) is 5.13. The summed E-state index contributed by atoms with van der Waals surface area (Å²) in [5, 5.41) is 9.70. The van der Waals surface area contributed by atoms with Gasteiger partial charge in [0.1, 0.15) is 6.61 Å². The molecule has 1 unspecified atom stereocenters. The summed E-state index contributed by atoms with van der Waals surface area (Å²) in [7, 11) is -2.65. The molecule has 1 rings (SSSR count). The normalized spacial score (nSPS) is 12.2. The highest BCUT2D eigenvalue weighted by Gasteiger charge is 2.44. The van der Waals surface area contributed by atoms with Gasteiger partial charge in [0.05, 0.1) is 7.11 Å². The molecule has 8 nitrogen and oxygen atoms in total. The van der Waals surface area contributed by atoms with E-state index >= 15 is 0 Å². The summed E-state index contributed by atoms with van der Waals surface area (Å²) in [6.45, 7) is 1.40. The highest BCUT2D eigenvalue weighted by molar-refractivity contribution is 7.66. The Morgan fingerprint density at radius 1 is 1.30 bits per heavy atom. The first-order valence-corrected chi connectivity index (χ1v) is 8.67. The number of benzene rings is 1. The van der Waals surface area contributed by atoms with Gasteiger partial charge < -0.3 is 9.47 Å². The van der Waals surface area contributed by atoms with Crippen molar-refractivity contribution in [1.29, 1.82) is 5.41 Å². The molecule has 1 atom stereocenters. The summed E-state index contributed by atoms with van der Waals surface area (Å²) < 4.78 is 9.29. The Kier molecular flexibility index (Phi) is 7.09. The average Bonchev–Trinajstić information content (AvgIpc) is 2.52. The molecule has 1 aromatic carbocycles. The van der Waals surface area contributed by atoms with E-state index in [1.807, 2.05) is 6.07 Å². The summed E-state index contributed by atoms with van der Waals surface area (Å²) in [6, 6.07) is 9.00. The lowest BCUT2D eigenvalue weighted by atomic mass is 10.2. The summed E-state index contributed by atoms with van der Waals surface area (Å²) in [4.78, 5) is 42.8. The van der Waals surface area contributed by atoms with Crippen molar-refractivity contribution in [3.05, 3.63) is 35.9 Å². The molecule has 0 saturated carbocycles. The summed E-state index contributed by atoms with van der Waals surface area (Å²) in [5.41, 5.74) is 0.217. The highest BCUT2D eigenvalue weighted by Crippen LogP contribution is 2.53. The molecule has 0 aliphatic carbocycles. The maximum atomic E-state index is 11.7. The monoisotopic (exact) mass is 343 g/mol. The second-order valence-electron chi connectivity index (χ2n) is 4.80. The number of ether oxygens (including phenoxy) is 2. The van der Waals surface area contributed by atoms with Gasteiger partial charge in [0.25, 0.3) is 7.72 Å². The molecule has 1 aromatic rings. The molecule has 0 fully saturated rings. The first-order chi connectivity index (χ1) is 10.8.